The number of hydrogen-bond donors (Lipinski definition) is 2. The van der Waals surface area contributed by atoms with Gasteiger partial charge in [-0.25, -0.2) is 0 Å². The van der Waals surface area contributed by atoms with Crippen molar-refractivity contribution in [3.63, 3.8) is 0 Å². The van der Waals surface area contributed by atoms with E-state index in [9.17, 15) is 9.59 Å². The summed E-state index contributed by atoms with van der Waals surface area (Å²) in [4.78, 5) is 25.7. The quantitative estimate of drug-likeness (QED) is 0.773. The van der Waals surface area contributed by atoms with Crippen LogP contribution in [0, 0.1) is 93.7 Å². The zero-order valence-corrected chi connectivity index (χ0v) is 15.9. The average molecular weight is 386 g/mol. The zero-order valence-electron chi connectivity index (χ0n) is 15.9. The Balaban J connectivity index is 0.761. The first-order chi connectivity index (χ1) is 14.2. The molecule has 13 rings (SSSR count). The molecule has 12 fully saturated rings. The van der Waals surface area contributed by atoms with Crippen LogP contribution in [0.15, 0.2) is 16.5 Å². The summed E-state index contributed by atoms with van der Waals surface area (Å²) in [6.45, 7) is 0.958. The van der Waals surface area contributed by atoms with E-state index in [0.29, 0.717) is 24.9 Å². The molecule has 1 aromatic rings. The summed E-state index contributed by atoms with van der Waals surface area (Å²) in [5.41, 5.74) is 0.117. The molecule has 2 amide bonds. The van der Waals surface area contributed by atoms with E-state index < -0.39 is 0 Å². The second-order valence-corrected chi connectivity index (χ2v) is 12.4. The van der Waals surface area contributed by atoms with Crippen molar-refractivity contribution in [1.29, 1.82) is 0 Å². The van der Waals surface area contributed by atoms with Gasteiger partial charge in [0.2, 0.25) is 11.8 Å². The third-order valence-electron chi connectivity index (χ3n) is 13.3. The molecule has 12 aliphatic rings. The Bertz CT molecular complexity index is 961. The molecule has 0 spiro atoms. The summed E-state index contributed by atoms with van der Waals surface area (Å²) in [7, 11) is 0. The highest BCUT2D eigenvalue weighted by Crippen LogP contribution is 3.06. The predicted molar refractivity (Wildman–Crippen MR) is 96.1 cm³/mol. The first-order valence-corrected chi connectivity index (χ1v) is 11.9. The van der Waals surface area contributed by atoms with Crippen molar-refractivity contribution in [2.75, 3.05) is 0 Å². The van der Waals surface area contributed by atoms with Crippen molar-refractivity contribution >= 4 is 11.8 Å². The van der Waals surface area contributed by atoms with Crippen LogP contribution in [0.4, 0.5) is 0 Å². The number of carbonyl (C=O) groups excluding carboxylic acids is 2. The van der Waals surface area contributed by atoms with Gasteiger partial charge in [-0.15, -0.1) is 0 Å². The van der Waals surface area contributed by atoms with Gasteiger partial charge in [-0.05, 0) is 95.0 Å². The van der Waals surface area contributed by atoms with Gasteiger partial charge in [-0.1, -0.05) is 0 Å². The smallest absolute Gasteiger partial charge is 0.227 e. The summed E-state index contributed by atoms with van der Waals surface area (Å²) in [6, 6.07) is 3.90. The minimum absolute atomic E-state index is 0.0585. The van der Waals surface area contributed by atoms with Crippen LogP contribution in [0.3, 0.4) is 0 Å². The Morgan fingerprint density at radius 1 is 0.655 bits per heavy atom. The lowest BCUT2D eigenvalue weighted by Crippen LogP contribution is -3.07. The molecular formula is C24H22N2O3. The molecule has 5 nitrogen and oxygen atoms in total. The lowest BCUT2D eigenvalue weighted by molar-refractivity contribution is -0.596. The highest BCUT2D eigenvalue weighted by atomic mass is 16.3. The average Bonchev–Trinajstić information content (AvgIpc) is 3.24. The molecular weight excluding hydrogens is 364 g/mol. The molecule has 12 aliphatic carbocycles. The van der Waals surface area contributed by atoms with E-state index in [0.717, 1.165) is 94.4 Å². The van der Waals surface area contributed by atoms with Crippen LogP contribution in [0.25, 0.3) is 0 Å². The number of furan rings is 1. The Kier molecular flexibility index (Phi) is 1.53. The lowest BCUT2D eigenvalue weighted by atomic mass is 8.96. The molecule has 2 N–H and O–H groups in total. The standard InChI is InChI=1S/C24H22N2O3/c27-21(23-15-9-7-10(15)17(23)11(7)16(9)23)25-3-5-1-2-6(29-5)4-26-22(28)24-18-12-8-13(18)20(24)14(8)19(12)24/h1-2,7-20H,3-4H2,(H,25,27)(H,26,28). The minimum atomic E-state index is 0.0585. The molecule has 0 saturated heterocycles. The number of amides is 2. The Morgan fingerprint density at radius 2 is 1.00 bits per heavy atom. The van der Waals surface area contributed by atoms with Gasteiger partial charge in [0.15, 0.2) is 0 Å². The van der Waals surface area contributed by atoms with Crippen molar-refractivity contribution in [2.24, 2.45) is 93.7 Å². The van der Waals surface area contributed by atoms with Crippen LogP contribution in [-0.2, 0) is 22.7 Å². The van der Waals surface area contributed by atoms with E-state index in [4.69, 9.17) is 4.42 Å². The summed E-state index contributed by atoms with van der Waals surface area (Å²) < 4.78 is 5.92. The molecule has 0 bridgehead atoms. The van der Waals surface area contributed by atoms with Crippen molar-refractivity contribution in [3.8, 4) is 0 Å². The van der Waals surface area contributed by atoms with Crippen LogP contribution in [0.2, 0.25) is 0 Å². The van der Waals surface area contributed by atoms with Gasteiger partial charge in [0, 0.05) is 0 Å². The molecule has 0 unspecified atom stereocenters. The molecule has 0 atom stereocenters. The van der Waals surface area contributed by atoms with Crippen LogP contribution >= 0.6 is 0 Å². The van der Waals surface area contributed by atoms with Gasteiger partial charge in [0.05, 0.1) is 23.9 Å². The third-order valence-corrected chi connectivity index (χ3v) is 13.3. The lowest BCUT2D eigenvalue weighted by Gasteiger charge is -3.06. The fourth-order valence-electron chi connectivity index (χ4n) is 13.0. The molecule has 12 saturated carbocycles. The zero-order chi connectivity index (χ0) is 18.3. The summed E-state index contributed by atoms with van der Waals surface area (Å²) in [6.07, 6.45) is 0. The predicted octanol–water partition coefficient (Wildman–Crippen LogP) is 1.25. The van der Waals surface area contributed by atoms with E-state index in [-0.39, 0.29) is 10.8 Å². The largest absolute Gasteiger partial charge is 0.462 e. The maximum Gasteiger partial charge on any atom is 0.227 e. The fraction of sp³-hybridized carbons (Fsp3) is 0.750. The number of carbonyl (C=O) groups is 2. The molecule has 0 aliphatic heterocycles. The van der Waals surface area contributed by atoms with E-state index in [2.05, 4.69) is 10.6 Å². The first-order valence-electron chi connectivity index (χ1n) is 11.9. The number of nitrogens with one attached hydrogen (secondary N) is 2. The van der Waals surface area contributed by atoms with Crippen molar-refractivity contribution < 1.29 is 14.0 Å². The second kappa shape index (κ2) is 3.29. The Hall–Kier alpha value is -1.78. The number of hydrogen-bond acceptors (Lipinski definition) is 3. The maximum atomic E-state index is 12.9. The molecule has 5 heteroatoms. The molecule has 1 heterocycles. The molecule has 146 valence electrons. The Labute approximate surface area is 167 Å². The van der Waals surface area contributed by atoms with Crippen LogP contribution in [-0.4, -0.2) is 11.8 Å². The van der Waals surface area contributed by atoms with E-state index >= 15 is 0 Å². The second-order valence-electron chi connectivity index (χ2n) is 12.4. The van der Waals surface area contributed by atoms with Gasteiger partial charge < -0.3 is 15.1 Å². The third kappa shape index (κ3) is 0.817. The first kappa shape index (κ1) is 13.5. The molecule has 1 aromatic heterocycles. The Morgan fingerprint density at radius 3 is 1.34 bits per heavy atom. The maximum absolute atomic E-state index is 12.9. The van der Waals surface area contributed by atoms with Gasteiger partial charge in [0.25, 0.3) is 0 Å². The van der Waals surface area contributed by atoms with Crippen LogP contribution < -0.4 is 10.6 Å². The monoisotopic (exact) mass is 386 g/mol. The van der Waals surface area contributed by atoms with Crippen LogP contribution in [0.5, 0.6) is 0 Å². The normalized spacial score (nSPS) is 70.2. The topological polar surface area (TPSA) is 71.3 Å². The van der Waals surface area contributed by atoms with Crippen molar-refractivity contribution in [2.45, 2.75) is 13.1 Å². The van der Waals surface area contributed by atoms with Gasteiger partial charge in [-0.2, -0.15) is 0 Å². The molecule has 29 heavy (non-hydrogen) atoms. The summed E-state index contributed by atoms with van der Waals surface area (Å²) in [5.74, 6) is 14.4. The molecule has 0 radical (unpaired) electrons. The summed E-state index contributed by atoms with van der Waals surface area (Å²) >= 11 is 0. The van der Waals surface area contributed by atoms with Crippen LogP contribution in [0.1, 0.15) is 11.5 Å². The van der Waals surface area contributed by atoms with Gasteiger partial charge in [0.1, 0.15) is 11.5 Å². The van der Waals surface area contributed by atoms with E-state index in [1.807, 2.05) is 12.1 Å². The molecule has 0 aromatic carbocycles. The van der Waals surface area contributed by atoms with Gasteiger partial charge >= 0.3 is 0 Å². The van der Waals surface area contributed by atoms with E-state index in [1.165, 1.54) is 0 Å². The highest BCUT2D eigenvalue weighted by Gasteiger charge is 3.07. The number of rotatable bonds is 6. The fourth-order valence-corrected chi connectivity index (χ4v) is 13.0. The summed E-state index contributed by atoms with van der Waals surface area (Å²) in [5, 5.41) is 6.35. The minimum Gasteiger partial charge on any atom is -0.462 e. The van der Waals surface area contributed by atoms with Gasteiger partial charge in [-0.3, -0.25) is 9.59 Å². The van der Waals surface area contributed by atoms with Crippen molar-refractivity contribution in [3.05, 3.63) is 23.7 Å². The SMILES string of the molecule is O=C(NCc1ccc(CNC(=O)C23C4C5C6C4C2C6C53)o1)C12C3C4C5C3C1C5C42. The van der Waals surface area contributed by atoms with E-state index in [1.54, 1.807) is 0 Å². The highest BCUT2D eigenvalue weighted by molar-refractivity contribution is 5.92. The van der Waals surface area contributed by atoms with Crippen molar-refractivity contribution in [1.82, 2.24) is 10.6 Å².